The third-order valence-corrected chi connectivity index (χ3v) is 5.65. The van der Waals surface area contributed by atoms with E-state index in [0.717, 1.165) is 5.56 Å². The van der Waals surface area contributed by atoms with E-state index >= 15 is 0 Å². The number of hydrogen-bond donors (Lipinski definition) is 1. The highest BCUT2D eigenvalue weighted by molar-refractivity contribution is 8.93. The second-order valence-corrected chi connectivity index (χ2v) is 7.93. The van der Waals surface area contributed by atoms with Crippen LogP contribution in [0, 0.1) is 5.41 Å². The quantitative estimate of drug-likeness (QED) is 0.803. The van der Waals surface area contributed by atoms with Gasteiger partial charge in [-0.2, -0.15) is 0 Å². The molecule has 1 aliphatic carbocycles. The Morgan fingerprint density at radius 1 is 1.30 bits per heavy atom. The molecule has 1 N–H and O–H groups in total. The Morgan fingerprint density at radius 2 is 2.00 bits per heavy atom. The van der Waals surface area contributed by atoms with E-state index in [2.05, 4.69) is 10.1 Å². The van der Waals surface area contributed by atoms with Crippen LogP contribution in [0.1, 0.15) is 26.7 Å². The molecule has 2 heterocycles. The van der Waals surface area contributed by atoms with Crippen LogP contribution in [0.4, 0.5) is 0 Å². The number of rotatable bonds is 1. The van der Waals surface area contributed by atoms with Crippen molar-refractivity contribution in [3.8, 4) is 11.4 Å². The number of aromatic nitrogens is 3. The van der Waals surface area contributed by atoms with Crippen molar-refractivity contribution in [1.29, 1.82) is 0 Å². The first-order valence-corrected chi connectivity index (χ1v) is 8.22. The van der Waals surface area contributed by atoms with Crippen LogP contribution in [-0.2, 0) is 10.5 Å². The van der Waals surface area contributed by atoms with Crippen LogP contribution < -0.4 is 0 Å². The number of thioether (sulfide) groups is 1. The first kappa shape index (κ1) is 16.7. The fourth-order valence-electron chi connectivity index (χ4n) is 3.47. The van der Waals surface area contributed by atoms with Gasteiger partial charge in [-0.25, -0.2) is 9.67 Å². The highest BCUT2D eigenvalue weighted by atomic mass is 79.9. The van der Waals surface area contributed by atoms with Crippen molar-refractivity contribution in [1.82, 2.24) is 14.8 Å². The summed E-state index contributed by atoms with van der Waals surface area (Å²) in [6.45, 7) is 4.02. The zero-order valence-corrected chi connectivity index (χ0v) is 15.4. The summed E-state index contributed by atoms with van der Waals surface area (Å²) in [4.78, 5) is 16.9. The highest BCUT2D eigenvalue weighted by Crippen LogP contribution is 2.52. The van der Waals surface area contributed by atoms with Gasteiger partial charge in [0.05, 0.1) is 0 Å². The monoisotopic (exact) mass is 395 g/mol. The Bertz CT molecular complexity index is 762. The molecule has 1 aromatic heterocycles. The Hall–Kier alpha value is -1.18. The van der Waals surface area contributed by atoms with E-state index in [1.54, 1.807) is 4.68 Å². The van der Waals surface area contributed by atoms with Crippen molar-refractivity contribution in [2.75, 3.05) is 0 Å². The predicted octanol–water partition coefficient (Wildman–Crippen LogP) is 3.03. The minimum absolute atomic E-state index is 0. The molecule has 0 bridgehead atoms. The van der Waals surface area contributed by atoms with Crippen LogP contribution in [0.25, 0.3) is 11.4 Å². The van der Waals surface area contributed by atoms with E-state index < -0.39 is 11.0 Å². The first-order valence-electron chi connectivity index (χ1n) is 7.34. The summed E-state index contributed by atoms with van der Waals surface area (Å²) in [6.07, 6.45) is 0.997. The Morgan fingerprint density at radius 3 is 2.70 bits per heavy atom. The molecule has 2 aliphatic rings. The van der Waals surface area contributed by atoms with Crippen LogP contribution in [0.2, 0.25) is 0 Å². The van der Waals surface area contributed by atoms with E-state index in [1.807, 2.05) is 44.2 Å². The minimum atomic E-state index is -1.27. The third-order valence-electron chi connectivity index (χ3n) is 4.30. The number of ketones is 1. The Balaban J connectivity index is 0.00000156. The fourth-order valence-corrected chi connectivity index (χ4v) is 4.70. The molecule has 0 spiro atoms. The maximum atomic E-state index is 12.4. The smallest absolute Gasteiger partial charge is 0.190 e. The molecule has 0 saturated heterocycles. The molecule has 5 nitrogen and oxygen atoms in total. The molecular weight excluding hydrogens is 378 g/mol. The van der Waals surface area contributed by atoms with E-state index in [1.165, 1.54) is 11.8 Å². The lowest BCUT2D eigenvalue weighted by Crippen LogP contribution is -2.52. The number of halogens is 1. The summed E-state index contributed by atoms with van der Waals surface area (Å²) in [5.41, 5.74) is -0.589. The maximum Gasteiger partial charge on any atom is 0.190 e. The topological polar surface area (TPSA) is 68.0 Å². The van der Waals surface area contributed by atoms with Gasteiger partial charge >= 0.3 is 0 Å². The molecule has 1 aliphatic heterocycles. The summed E-state index contributed by atoms with van der Waals surface area (Å²) < 4.78 is 1.56. The molecule has 2 unspecified atom stereocenters. The van der Waals surface area contributed by atoms with Gasteiger partial charge in [0.1, 0.15) is 5.25 Å². The largest absolute Gasteiger partial charge is 0.368 e. The van der Waals surface area contributed by atoms with Gasteiger partial charge in [0.25, 0.3) is 0 Å². The molecule has 1 saturated carbocycles. The molecule has 2 atom stereocenters. The number of carbonyl (C=O) groups is 1. The highest BCUT2D eigenvalue weighted by Gasteiger charge is 2.58. The molecule has 2 aromatic rings. The van der Waals surface area contributed by atoms with Crippen molar-refractivity contribution in [2.24, 2.45) is 5.41 Å². The number of carbonyl (C=O) groups excluding carboxylic acids is 1. The lowest BCUT2D eigenvalue weighted by atomic mass is 9.72. The van der Waals surface area contributed by atoms with Crippen LogP contribution in [-0.4, -0.2) is 30.9 Å². The van der Waals surface area contributed by atoms with Gasteiger partial charge in [0, 0.05) is 18.4 Å². The summed E-state index contributed by atoms with van der Waals surface area (Å²) in [7, 11) is 0. The number of benzene rings is 1. The Kier molecular flexibility index (Phi) is 3.93. The fraction of sp³-hybridized carbons (Fsp3) is 0.438. The number of aliphatic hydroxyl groups is 1. The van der Waals surface area contributed by atoms with Crippen LogP contribution >= 0.6 is 28.7 Å². The van der Waals surface area contributed by atoms with Gasteiger partial charge in [-0.1, -0.05) is 55.9 Å². The standard InChI is InChI=1S/C16H17N3O2S.BrH/c1-15(2)8-11(20)12-16(21,9-15)19-14(22-12)17-13(18-19)10-6-4-3-5-7-10;/h3-7,12,21H,8-9H2,1-2H3;1H. The van der Waals surface area contributed by atoms with E-state index in [-0.39, 0.29) is 28.2 Å². The predicted molar refractivity (Wildman–Crippen MR) is 93.6 cm³/mol. The van der Waals surface area contributed by atoms with Gasteiger partial charge in [-0.05, 0) is 5.41 Å². The van der Waals surface area contributed by atoms with Crippen molar-refractivity contribution >= 4 is 34.5 Å². The number of fused-ring (bicyclic) bond motifs is 3. The lowest BCUT2D eigenvalue weighted by molar-refractivity contribution is -0.146. The first-order chi connectivity index (χ1) is 10.4. The van der Waals surface area contributed by atoms with Gasteiger partial charge in [-0.15, -0.1) is 22.1 Å². The normalized spacial score (nSPS) is 28.0. The van der Waals surface area contributed by atoms with Crippen LogP contribution in [0.5, 0.6) is 0 Å². The molecule has 23 heavy (non-hydrogen) atoms. The average Bonchev–Trinajstić information content (AvgIpc) is 2.97. The van der Waals surface area contributed by atoms with Gasteiger partial charge < -0.3 is 5.11 Å². The third kappa shape index (κ3) is 2.55. The molecule has 4 rings (SSSR count). The minimum Gasteiger partial charge on any atom is -0.368 e. The van der Waals surface area contributed by atoms with E-state index in [0.29, 0.717) is 23.8 Å². The molecule has 0 amide bonds. The lowest BCUT2D eigenvalue weighted by Gasteiger charge is -2.41. The number of nitrogens with zero attached hydrogens (tertiary/aromatic N) is 3. The number of Topliss-reactive ketones (excluding diaryl/α,β-unsaturated/α-hetero) is 1. The van der Waals surface area contributed by atoms with Crippen LogP contribution in [0.15, 0.2) is 35.5 Å². The molecule has 7 heteroatoms. The summed E-state index contributed by atoms with van der Waals surface area (Å²) in [5, 5.41) is 15.8. The average molecular weight is 396 g/mol. The summed E-state index contributed by atoms with van der Waals surface area (Å²) in [6, 6.07) is 9.67. The molecule has 0 radical (unpaired) electrons. The maximum absolute atomic E-state index is 12.4. The Labute approximate surface area is 149 Å². The number of hydrogen-bond acceptors (Lipinski definition) is 5. The van der Waals surface area contributed by atoms with Crippen molar-refractivity contribution in [3.05, 3.63) is 30.3 Å². The summed E-state index contributed by atoms with van der Waals surface area (Å²) >= 11 is 1.33. The zero-order chi connectivity index (χ0) is 15.5. The van der Waals surface area contributed by atoms with Gasteiger partial charge in [0.2, 0.25) is 0 Å². The zero-order valence-electron chi connectivity index (χ0n) is 12.9. The van der Waals surface area contributed by atoms with E-state index in [9.17, 15) is 9.90 Å². The second-order valence-electron chi connectivity index (χ2n) is 6.86. The molecule has 1 fully saturated rings. The van der Waals surface area contributed by atoms with Gasteiger partial charge in [0.15, 0.2) is 22.5 Å². The SMILES string of the molecule is Br.CC1(C)CC(=O)C2Sc3nc(-c4ccccc4)nn3C2(O)C1. The molecular formula is C16H18BrN3O2S. The molecule has 122 valence electrons. The van der Waals surface area contributed by atoms with Gasteiger partial charge in [-0.3, -0.25) is 4.79 Å². The van der Waals surface area contributed by atoms with Crippen LogP contribution in [0.3, 0.4) is 0 Å². The van der Waals surface area contributed by atoms with Crippen molar-refractivity contribution < 1.29 is 9.90 Å². The molecule has 1 aromatic carbocycles. The summed E-state index contributed by atoms with van der Waals surface area (Å²) in [5.74, 6) is 0.670. The van der Waals surface area contributed by atoms with Crippen molar-refractivity contribution in [2.45, 2.75) is 42.8 Å². The van der Waals surface area contributed by atoms with Crippen molar-refractivity contribution in [3.63, 3.8) is 0 Å². The second kappa shape index (κ2) is 5.43. The van der Waals surface area contributed by atoms with E-state index in [4.69, 9.17) is 0 Å².